The van der Waals surface area contributed by atoms with Gasteiger partial charge in [-0.15, -0.1) is 5.10 Å². The van der Waals surface area contributed by atoms with Crippen LogP contribution in [0.3, 0.4) is 0 Å². The van der Waals surface area contributed by atoms with Crippen LogP contribution in [0, 0.1) is 11.6 Å². The number of rotatable bonds is 7. The van der Waals surface area contributed by atoms with Crippen LogP contribution in [0.5, 0.6) is 17.6 Å². The molecule has 2 bridgehead atoms. The summed E-state index contributed by atoms with van der Waals surface area (Å²) in [6, 6.07) is 7.85. The fourth-order valence-corrected chi connectivity index (χ4v) is 5.19. The smallest absolute Gasteiger partial charge is 0.420 e. The maximum absolute atomic E-state index is 13.7. The summed E-state index contributed by atoms with van der Waals surface area (Å²) in [5.74, 6) is -1.11. The first-order valence-electron chi connectivity index (χ1n) is 11.2. The number of ether oxygens (including phenoxy) is 2. The molecule has 1 aromatic heterocycles. The van der Waals surface area contributed by atoms with Crippen molar-refractivity contribution in [3.8, 4) is 17.6 Å². The van der Waals surface area contributed by atoms with Crippen molar-refractivity contribution in [2.45, 2.75) is 49.2 Å². The Morgan fingerprint density at radius 2 is 1.69 bits per heavy atom. The molecule has 3 fully saturated rings. The summed E-state index contributed by atoms with van der Waals surface area (Å²) in [5.41, 5.74) is -1.38. The van der Waals surface area contributed by atoms with Crippen molar-refractivity contribution in [3.05, 3.63) is 64.0 Å². The number of halogens is 4. The summed E-state index contributed by atoms with van der Waals surface area (Å²) in [6.07, 6.45) is 1.39. The lowest BCUT2D eigenvalue weighted by molar-refractivity contribution is -0.129. The Bertz CT molecular complexity index is 1300. The van der Waals surface area contributed by atoms with Gasteiger partial charge in [-0.05, 0) is 56.4 Å². The SMILES string of the molecule is O=C(COc1ccc(Cl)c(F)c1)NC12CCC(c3nnc(Oc4ccc(Cl)c(F)c4)o3)(CC1)[C@@H](O)C2. The van der Waals surface area contributed by atoms with Gasteiger partial charge >= 0.3 is 6.08 Å². The Morgan fingerprint density at radius 3 is 2.33 bits per heavy atom. The van der Waals surface area contributed by atoms with Crippen molar-refractivity contribution in [1.82, 2.24) is 15.5 Å². The highest BCUT2D eigenvalue weighted by molar-refractivity contribution is 6.31. The molecule has 2 N–H and O–H groups in total. The zero-order valence-corrected chi connectivity index (χ0v) is 20.3. The molecular formula is C24H21Cl2F2N3O5. The number of aliphatic hydroxyl groups excluding tert-OH is 1. The van der Waals surface area contributed by atoms with Crippen LogP contribution < -0.4 is 14.8 Å². The number of aromatic nitrogens is 2. The Kier molecular flexibility index (Phi) is 6.52. The van der Waals surface area contributed by atoms with Crippen LogP contribution >= 0.6 is 23.2 Å². The molecule has 1 heterocycles. The van der Waals surface area contributed by atoms with Crippen molar-refractivity contribution >= 4 is 29.1 Å². The number of hydrogen-bond acceptors (Lipinski definition) is 7. The largest absolute Gasteiger partial charge is 0.484 e. The molecule has 36 heavy (non-hydrogen) atoms. The van der Waals surface area contributed by atoms with Gasteiger partial charge in [-0.3, -0.25) is 4.79 Å². The second-order valence-electron chi connectivity index (χ2n) is 9.12. The maximum Gasteiger partial charge on any atom is 0.420 e. The van der Waals surface area contributed by atoms with Gasteiger partial charge in [-0.1, -0.05) is 28.3 Å². The van der Waals surface area contributed by atoms with E-state index in [9.17, 15) is 18.7 Å². The number of nitrogens with one attached hydrogen (secondary N) is 1. The van der Waals surface area contributed by atoms with Crippen LogP contribution in [0.1, 0.15) is 38.0 Å². The standard InChI is InChI=1S/C24H21Cl2F2N3O5/c25-15-3-1-13(9-17(15)27)34-12-20(33)29-23-5-7-24(8-6-23,19(32)11-23)21-30-31-22(36-21)35-14-2-4-16(26)18(28)10-14/h1-4,9-10,19,32H,5-8,11-12H2,(H,29,33)/t19-,23?,24?/m0/s1. The van der Waals surface area contributed by atoms with Crippen LogP contribution in [0.4, 0.5) is 8.78 Å². The van der Waals surface area contributed by atoms with Gasteiger partial charge in [0.25, 0.3) is 5.91 Å². The Morgan fingerprint density at radius 1 is 1.06 bits per heavy atom. The van der Waals surface area contributed by atoms with Crippen LogP contribution in [0.15, 0.2) is 40.8 Å². The summed E-state index contributed by atoms with van der Waals surface area (Å²) >= 11 is 11.3. The molecule has 8 nitrogen and oxygen atoms in total. The lowest BCUT2D eigenvalue weighted by Crippen LogP contribution is -2.64. The molecule has 0 radical (unpaired) electrons. The van der Waals surface area contributed by atoms with Gasteiger partial charge < -0.3 is 24.3 Å². The fourth-order valence-electron chi connectivity index (χ4n) is 4.95. The van der Waals surface area contributed by atoms with Crippen LogP contribution in [-0.4, -0.2) is 39.5 Å². The quantitative estimate of drug-likeness (QED) is 0.437. The van der Waals surface area contributed by atoms with E-state index in [0.29, 0.717) is 25.7 Å². The van der Waals surface area contributed by atoms with Crippen molar-refractivity contribution in [2.24, 2.45) is 0 Å². The van der Waals surface area contributed by atoms with Gasteiger partial charge in [-0.25, -0.2) is 8.78 Å². The number of carbonyl (C=O) groups is 1. The average molecular weight is 540 g/mol. The van der Waals surface area contributed by atoms with E-state index in [1.54, 1.807) is 0 Å². The first-order chi connectivity index (χ1) is 17.2. The van der Waals surface area contributed by atoms with E-state index in [2.05, 4.69) is 15.5 Å². The predicted molar refractivity (Wildman–Crippen MR) is 124 cm³/mol. The highest BCUT2D eigenvalue weighted by Crippen LogP contribution is 2.53. The number of hydrogen-bond donors (Lipinski definition) is 2. The van der Waals surface area contributed by atoms with Crippen molar-refractivity contribution in [3.63, 3.8) is 0 Å². The third kappa shape index (κ3) is 4.72. The molecule has 190 valence electrons. The number of carbonyl (C=O) groups excluding carboxylic acids is 1. The molecule has 0 saturated heterocycles. The molecule has 2 aromatic carbocycles. The Labute approximate surface area is 214 Å². The van der Waals surface area contributed by atoms with E-state index < -0.39 is 28.7 Å². The van der Waals surface area contributed by atoms with E-state index >= 15 is 0 Å². The normalized spacial score (nSPS) is 25.0. The first-order valence-corrected chi connectivity index (χ1v) is 12.0. The number of fused-ring (bicyclic) bond motifs is 3. The zero-order chi connectivity index (χ0) is 25.5. The summed E-state index contributed by atoms with van der Waals surface area (Å²) in [6.45, 7) is -0.306. The average Bonchev–Trinajstić information content (AvgIpc) is 3.32. The summed E-state index contributed by atoms with van der Waals surface area (Å²) in [5, 5.41) is 21.9. The number of aliphatic hydroxyl groups is 1. The van der Waals surface area contributed by atoms with Gasteiger partial charge in [0.2, 0.25) is 5.89 Å². The highest BCUT2D eigenvalue weighted by Gasteiger charge is 2.58. The minimum atomic E-state index is -0.854. The molecule has 3 aliphatic carbocycles. The van der Waals surface area contributed by atoms with Gasteiger partial charge in [0.05, 0.1) is 21.6 Å². The van der Waals surface area contributed by atoms with E-state index in [1.807, 2.05) is 0 Å². The van der Waals surface area contributed by atoms with Gasteiger partial charge in [0, 0.05) is 17.7 Å². The number of benzene rings is 2. The molecule has 3 saturated carbocycles. The molecule has 1 amide bonds. The summed E-state index contributed by atoms with van der Waals surface area (Å²) in [4.78, 5) is 12.6. The molecule has 12 heteroatoms. The third-order valence-corrected chi connectivity index (χ3v) is 7.53. The second kappa shape index (κ2) is 9.49. The van der Waals surface area contributed by atoms with Crippen molar-refractivity contribution in [1.29, 1.82) is 0 Å². The minimum Gasteiger partial charge on any atom is -0.484 e. The Hall–Kier alpha value is -2.95. The number of nitrogens with zero attached hydrogens (tertiary/aromatic N) is 2. The monoisotopic (exact) mass is 539 g/mol. The molecule has 6 rings (SSSR count). The molecule has 3 aromatic rings. The lowest BCUT2D eigenvalue weighted by atomic mass is 9.55. The highest BCUT2D eigenvalue weighted by atomic mass is 35.5. The second-order valence-corrected chi connectivity index (χ2v) is 9.93. The first kappa shape index (κ1) is 24.7. The van der Waals surface area contributed by atoms with E-state index in [-0.39, 0.29) is 52.4 Å². The topological polar surface area (TPSA) is 107 Å². The van der Waals surface area contributed by atoms with Crippen molar-refractivity contribution in [2.75, 3.05) is 6.61 Å². The van der Waals surface area contributed by atoms with E-state index in [4.69, 9.17) is 37.1 Å². The van der Waals surface area contributed by atoms with Crippen molar-refractivity contribution < 1.29 is 32.6 Å². The zero-order valence-electron chi connectivity index (χ0n) is 18.8. The molecule has 3 aliphatic rings. The predicted octanol–water partition coefficient (Wildman–Crippen LogP) is 4.96. The van der Waals surface area contributed by atoms with Crippen LogP contribution in [0.2, 0.25) is 10.0 Å². The van der Waals surface area contributed by atoms with Gasteiger partial charge in [-0.2, -0.15) is 0 Å². The molecule has 1 atom stereocenters. The lowest BCUT2D eigenvalue weighted by Gasteiger charge is -2.54. The van der Waals surface area contributed by atoms with Crippen LogP contribution in [0.25, 0.3) is 0 Å². The Balaban J connectivity index is 1.21. The third-order valence-electron chi connectivity index (χ3n) is 6.92. The fraction of sp³-hybridized carbons (Fsp3) is 0.375. The molecular weight excluding hydrogens is 519 g/mol. The molecule has 0 unspecified atom stereocenters. The van der Waals surface area contributed by atoms with Gasteiger partial charge in [0.15, 0.2) is 6.61 Å². The summed E-state index contributed by atoms with van der Waals surface area (Å²) < 4.78 is 43.8. The molecule has 0 spiro atoms. The molecule has 0 aliphatic heterocycles. The summed E-state index contributed by atoms with van der Waals surface area (Å²) in [7, 11) is 0. The maximum atomic E-state index is 13.7. The van der Waals surface area contributed by atoms with E-state index in [0.717, 1.165) is 12.1 Å². The van der Waals surface area contributed by atoms with Gasteiger partial charge in [0.1, 0.15) is 23.1 Å². The van der Waals surface area contributed by atoms with E-state index in [1.165, 1.54) is 24.3 Å². The minimum absolute atomic E-state index is 0.0358. The van der Waals surface area contributed by atoms with Crippen LogP contribution in [-0.2, 0) is 10.2 Å². The number of amides is 1.